The lowest BCUT2D eigenvalue weighted by Gasteiger charge is -2.09. The second-order valence-electron chi connectivity index (χ2n) is 4.47. The maximum Gasteiger partial charge on any atom is 0.196 e. The molecule has 2 aromatic carbocycles. The Morgan fingerprint density at radius 3 is 2.42 bits per heavy atom. The predicted octanol–water partition coefficient (Wildman–Crippen LogP) is 4.20. The summed E-state index contributed by atoms with van der Waals surface area (Å²) in [6, 6.07) is 10.7. The molecule has 0 N–H and O–H groups in total. The number of halogens is 1. The van der Waals surface area contributed by atoms with Gasteiger partial charge >= 0.3 is 0 Å². The van der Waals surface area contributed by atoms with Crippen LogP contribution in [0.15, 0.2) is 36.4 Å². The first-order valence-electron chi connectivity index (χ1n) is 5.98. The first kappa shape index (κ1) is 13.6. The fraction of sp³-hybridized carbons (Fsp3) is 0.188. The number of hydrogen-bond donors (Lipinski definition) is 0. The number of ether oxygens (including phenoxy) is 1. The number of aryl methyl sites for hydroxylation is 2. The highest BCUT2D eigenvalue weighted by molar-refractivity contribution is 6.31. The number of hydrogen-bond acceptors (Lipinski definition) is 2. The van der Waals surface area contributed by atoms with E-state index in [1.165, 1.54) is 0 Å². The summed E-state index contributed by atoms with van der Waals surface area (Å²) >= 11 is 5.95. The van der Waals surface area contributed by atoms with E-state index in [1.54, 1.807) is 25.3 Å². The van der Waals surface area contributed by atoms with Crippen LogP contribution >= 0.6 is 11.6 Å². The summed E-state index contributed by atoms with van der Waals surface area (Å²) in [4.78, 5) is 12.5. The highest BCUT2D eigenvalue weighted by Gasteiger charge is 2.15. The molecule has 3 heteroatoms. The quantitative estimate of drug-likeness (QED) is 0.784. The summed E-state index contributed by atoms with van der Waals surface area (Å²) in [5.74, 6) is 0.454. The van der Waals surface area contributed by atoms with Crippen LogP contribution < -0.4 is 4.74 Å². The van der Waals surface area contributed by atoms with E-state index in [4.69, 9.17) is 16.3 Å². The second-order valence-corrected chi connectivity index (χ2v) is 4.91. The lowest BCUT2D eigenvalue weighted by molar-refractivity contribution is 0.103. The Morgan fingerprint density at radius 1 is 1.05 bits per heavy atom. The zero-order valence-electron chi connectivity index (χ0n) is 11.2. The maximum atomic E-state index is 12.5. The minimum Gasteiger partial charge on any atom is -0.496 e. The van der Waals surface area contributed by atoms with Crippen LogP contribution in [0.4, 0.5) is 0 Å². The molecule has 0 amide bonds. The number of methoxy groups -OCH3 is 1. The zero-order valence-corrected chi connectivity index (χ0v) is 11.9. The van der Waals surface area contributed by atoms with Crippen molar-refractivity contribution in [1.82, 2.24) is 0 Å². The predicted molar refractivity (Wildman–Crippen MR) is 77.4 cm³/mol. The molecule has 0 unspecified atom stereocenters. The smallest absolute Gasteiger partial charge is 0.196 e. The number of rotatable bonds is 3. The Bertz CT molecular complexity index is 633. The third-order valence-corrected chi connectivity index (χ3v) is 3.41. The van der Waals surface area contributed by atoms with Crippen molar-refractivity contribution in [3.8, 4) is 5.75 Å². The minimum atomic E-state index is -0.0811. The van der Waals surface area contributed by atoms with Crippen molar-refractivity contribution in [2.45, 2.75) is 13.8 Å². The third-order valence-electron chi connectivity index (χ3n) is 3.18. The van der Waals surface area contributed by atoms with E-state index in [2.05, 4.69) is 0 Å². The third kappa shape index (κ3) is 2.79. The van der Waals surface area contributed by atoms with Crippen molar-refractivity contribution >= 4 is 17.4 Å². The maximum absolute atomic E-state index is 12.5. The van der Waals surface area contributed by atoms with E-state index >= 15 is 0 Å². The lowest BCUT2D eigenvalue weighted by atomic mass is 9.99. The van der Waals surface area contributed by atoms with Crippen molar-refractivity contribution < 1.29 is 9.53 Å². The largest absolute Gasteiger partial charge is 0.496 e. The molecule has 0 saturated carbocycles. The number of carbonyl (C=O) groups excluding carboxylic acids is 1. The Kier molecular flexibility index (Phi) is 3.91. The number of benzene rings is 2. The standard InChI is InChI=1S/C16H15ClO2/c1-10-4-5-12(8-11(10)2)16(18)14-9-13(17)6-7-15(14)19-3/h4-9H,1-3H3. The number of ketones is 1. The van der Waals surface area contributed by atoms with Gasteiger partial charge in [-0.1, -0.05) is 23.7 Å². The van der Waals surface area contributed by atoms with Crippen LogP contribution in [-0.4, -0.2) is 12.9 Å². The number of carbonyl (C=O) groups is 1. The normalized spacial score (nSPS) is 10.3. The van der Waals surface area contributed by atoms with Gasteiger partial charge in [0.05, 0.1) is 12.7 Å². The van der Waals surface area contributed by atoms with Gasteiger partial charge < -0.3 is 4.74 Å². The summed E-state index contributed by atoms with van der Waals surface area (Å²) in [5.41, 5.74) is 3.38. The van der Waals surface area contributed by atoms with Gasteiger partial charge in [-0.2, -0.15) is 0 Å². The van der Waals surface area contributed by atoms with E-state index in [0.29, 0.717) is 21.9 Å². The fourth-order valence-corrected chi connectivity index (χ4v) is 2.07. The van der Waals surface area contributed by atoms with Gasteiger partial charge in [0.2, 0.25) is 0 Å². The van der Waals surface area contributed by atoms with Gasteiger partial charge in [-0.25, -0.2) is 0 Å². The van der Waals surface area contributed by atoms with Gasteiger partial charge in [-0.05, 0) is 49.2 Å². The van der Waals surface area contributed by atoms with Gasteiger partial charge in [-0.3, -0.25) is 4.79 Å². The average Bonchev–Trinajstić information content (AvgIpc) is 2.41. The molecule has 2 rings (SSSR count). The van der Waals surface area contributed by atoms with E-state index in [0.717, 1.165) is 11.1 Å². The van der Waals surface area contributed by atoms with Gasteiger partial charge in [0.25, 0.3) is 0 Å². The van der Waals surface area contributed by atoms with Crippen LogP contribution in [-0.2, 0) is 0 Å². The lowest BCUT2D eigenvalue weighted by Crippen LogP contribution is -2.04. The van der Waals surface area contributed by atoms with Crippen LogP contribution in [0.2, 0.25) is 5.02 Å². The van der Waals surface area contributed by atoms with Crippen LogP contribution in [0.25, 0.3) is 0 Å². The van der Waals surface area contributed by atoms with Crippen molar-refractivity contribution in [2.24, 2.45) is 0 Å². The molecule has 0 aliphatic rings. The van der Waals surface area contributed by atoms with Crippen LogP contribution in [0, 0.1) is 13.8 Å². The molecule has 0 atom stereocenters. The molecule has 19 heavy (non-hydrogen) atoms. The van der Waals surface area contributed by atoms with E-state index < -0.39 is 0 Å². The topological polar surface area (TPSA) is 26.3 Å². The van der Waals surface area contributed by atoms with E-state index in [9.17, 15) is 4.79 Å². The average molecular weight is 275 g/mol. The van der Waals surface area contributed by atoms with Gasteiger partial charge in [0.15, 0.2) is 5.78 Å². The Morgan fingerprint density at radius 2 is 1.79 bits per heavy atom. The molecule has 0 bridgehead atoms. The van der Waals surface area contributed by atoms with Crippen molar-refractivity contribution in [1.29, 1.82) is 0 Å². The molecule has 0 aliphatic heterocycles. The molecule has 0 saturated heterocycles. The summed E-state index contributed by atoms with van der Waals surface area (Å²) in [6.45, 7) is 4.00. The Labute approximate surface area is 118 Å². The monoisotopic (exact) mass is 274 g/mol. The summed E-state index contributed by atoms with van der Waals surface area (Å²) in [6.07, 6.45) is 0. The summed E-state index contributed by atoms with van der Waals surface area (Å²) in [7, 11) is 1.54. The molecule has 0 heterocycles. The Hall–Kier alpha value is -1.80. The first-order chi connectivity index (χ1) is 9.02. The van der Waals surface area contributed by atoms with Crippen LogP contribution in [0.1, 0.15) is 27.0 Å². The van der Waals surface area contributed by atoms with Crippen LogP contribution in [0.3, 0.4) is 0 Å². The van der Waals surface area contributed by atoms with E-state index in [1.807, 2.05) is 32.0 Å². The van der Waals surface area contributed by atoms with Gasteiger partial charge in [-0.15, -0.1) is 0 Å². The molecular formula is C16H15ClO2. The molecule has 2 nitrogen and oxygen atoms in total. The van der Waals surface area contributed by atoms with E-state index in [-0.39, 0.29) is 5.78 Å². The fourth-order valence-electron chi connectivity index (χ4n) is 1.90. The van der Waals surface area contributed by atoms with Gasteiger partial charge in [0.1, 0.15) is 5.75 Å². The van der Waals surface area contributed by atoms with Crippen molar-refractivity contribution in [3.63, 3.8) is 0 Å². The van der Waals surface area contributed by atoms with Crippen molar-refractivity contribution in [2.75, 3.05) is 7.11 Å². The SMILES string of the molecule is COc1ccc(Cl)cc1C(=O)c1ccc(C)c(C)c1. The van der Waals surface area contributed by atoms with Crippen LogP contribution in [0.5, 0.6) is 5.75 Å². The second kappa shape index (κ2) is 5.45. The molecule has 0 aliphatic carbocycles. The molecule has 0 spiro atoms. The summed E-state index contributed by atoms with van der Waals surface area (Å²) in [5, 5.41) is 0.521. The molecule has 2 aromatic rings. The molecule has 98 valence electrons. The van der Waals surface area contributed by atoms with Crippen molar-refractivity contribution in [3.05, 3.63) is 63.7 Å². The molecular weight excluding hydrogens is 260 g/mol. The minimum absolute atomic E-state index is 0.0811. The summed E-state index contributed by atoms with van der Waals surface area (Å²) < 4.78 is 5.22. The molecule has 0 aromatic heterocycles. The highest BCUT2D eigenvalue weighted by atomic mass is 35.5. The zero-order chi connectivity index (χ0) is 14.0. The Balaban J connectivity index is 2.49. The first-order valence-corrected chi connectivity index (χ1v) is 6.36. The highest BCUT2D eigenvalue weighted by Crippen LogP contribution is 2.25. The van der Waals surface area contributed by atoms with Gasteiger partial charge in [0, 0.05) is 10.6 Å². The molecule has 0 fully saturated rings. The molecule has 0 radical (unpaired) electrons.